The number of carbonyl (C=O) groups excluding carboxylic acids is 1. The fourth-order valence-corrected chi connectivity index (χ4v) is 3.41. The van der Waals surface area contributed by atoms with Crippen LogP contribution >= 0.6 is 0 Å². The summed E-state index contributed by atoms with van der Waals surface area (Å²) in [6, 6.07) is 11.3. The molecule has 2 N–H and O–H groups in total. The Bertz CT molecular complexity index is 894. The lowest BCUT2D eigenvalue weighted by molar-refractivity contribution is 0.102. The van der Waals surface area contributed by atoms with Crippen molar-refractivity contribution in [3.05, 3.63) is 53.6 Å². The van der Waals surface area contributed by atoms with E-state index in [1.165, 1.54) is 31.4 Å². The van der Waals surface area contributed by atoms with Crippen molar-refractivity contribution in [1.82, 2.24) is 9.62 Å². The number of rotatable bonds is 8. The van der Waals surface area contributed by atoms with Gasteiger partial charge in [0.05, 0.1) is 17.7 Å². The molecule has 2 aromatic carbocycles. The van der Waals surface area contributed by atoms with Gasteiger partial charge in [0.15, 0.2) is 0 Å². The van der Waals surface area contributed by atoms with Gasteiger partial charge in [0.2, 0.25) is 10.0 Å². The standard InChI is InChI=1S/C19H25N3O4S/c1-14-5-10-18(26-4)17(13-14)21-19(23)15-6-8-16(9-7-15)27(24,25)20-11-12-22(2)3/h5-10,13,20H,11-12H2,1-4H3,(H,21,23). The summed E-state index contributed by atoms with van der Waals surface area (Å²) in [5, 5.41) is 2.79. The molecule has 0 radical (unpaired) electrons. The molecule has 0 bridgehead atoms. The summed E-state index contributed by atoms with van der Waals surface area (Å²) in [5.41, 5.74) is 1.90. The van der Waals surface area contributed by atoms with Crippen LogP contribution in [0.25, 0.3) is 0 Å². The number of aryl methyl sites for hydroxylation is 1. The Labute approximate surface area is 160 Å². The van der Waals surface area contributed by atoms with Gasteiger partial charge in [0.25, 0.3) is 5.91 Å². The summed E-state index contributed by atoms with van der Waals surface area (Å²) in [6.07, 6.45) is 0. The van der Waals surface area contributed by atoms with E-state index in [1.807, 2.05) is 38.1 Å². The lowest BCUT2D eigenvalue weighted by atomic mass is 10.1. The fourth-order valence-electron chi connectivity index (χ4n) is 2.39. The summed E-state index contributed by atoms with van der Waals surface area (Å²) in [7, 11) is 1.66. The molecule has 0 aliphatic heterocycles. The van der Waals surface area contributed by atoms with E-state index in [0.717, 1.165) is 5.56 Å². The zero-order valence-electron chi connectivity index (χ0n) is 15.9. The van der Waals surface area contributed by atoms with Crippen LogP contribution in [0.3, 0.4) is 0 Å². The van der Waals surface area contributed by atoms with E-state index in [4.69, 9.17) is 4.74 Å². The summed E-state index contributed by atoms with van der Waals surface area (Å²) >= 11 is 0. The van der Waals surface area contributed by atoms with E-state index in [1.54, 1.807) is 6.07 Å². The lowest BCUT2D eigenvalue weighted by Crippen LogP contribution is -2.31. The van der Waals surface area contributed by atoms with E-state index in [-0.39, 0.29) is 10.8 Å². The molecule has 27 heavy (non-hydrogen) atoms. The number of nitrogens with zero attached hydrogens (tertiary/aromatic N) is 1. The number of ether oxygens (including phenoxy) is 1. The van der Waals surface area contributed by atoms with Gasteiger partial charge in [-0.05, 0) is 63.0 Å². The Hall–Kier alpha value is -2.42. The highest BCUT2D eigenvalue weighted by atomic mass is 32.2. The summed E-state index contributed by atoms with van der Waals surface area (Å²) in [5.74, 6) is 0.210. The highest BCUT2D eigenvalue weighted by Gasteiger charge is 2.15. The van der Waals surface area contributed by atoms with Gasteiger partial charge in [-0.25, -0.2) is 13.1 Å². The van der Waals surface area contributed by atoms with Gasteiger partial charge in [0.1, 0.15) is 5.75 Å². The van der Waals surface area contributed by atoms with Crippen LogP contribution in [0.2, 0.25) is 0 Å². The average molecular weight is 391 g/mol. The number of nitrogens with one attached hydrogen (secondary N) is 2. The third-order valence-corrected chi connectivity index (χ3v) is 5.36. The first-order chi connectivity index (χ1) is 12.7. The summed E-state index contributed by atoms with van der Waals surface area (Å²) in [4.78, 5) is 14.5. The minimum absolute atomic E-state index is 0.117. The molecule has 0 atom stereocenters. The zero-order valence-corrected chi connectivity index (χ0v) is 16.8. The van der Waals surface area contributed by atoms with Gasteiger partial charge >= 0.3 is 0 Å². The number of sulfonamides is 1. The molecule has 2 rings (SSSR count). The van der Waals surface area contributed by atoms with Crippen LogP contribution in [0.15, 0.2) is 47.4 Å². The van der Waals surface area contributed by atoms with Crippen LogP contribution in [-0.2, 0) is 10.0 Å². The second-order valence-electron chi connectivity index (χ2n) is 6.38. The molecule has 0 aliphatic rings. The van der Waals surface area contributed by atoms with Crippen LogP contribution in [-0.4, -0.2) is 53.5 Å². The van der Waals surface area contributed by atoms with Gasteiger partial charge in [-0.3, -0.25) is 4.79 Å². The molecular formula is C19H25N3O4S. The van der Waals surface area contributed by atoms with Gasteiger partial charge in [0, 0.05) is 18.7 Å². The Morgan fingerprint density at radius 2 is 1.78 bits per heavy atom. The molecule has 8 heteroatoms. The second-order valence-corrected chi connectivity index (χ2v) is 8.15. The number of benzene rings is 2. The van der Waals surface area contributed by atoms with E-state index < -0.39 is 10.0 Å². The Morgan fingerprint density at radius 1 is 1.11 bits per heavy atom. The van der Waals surface area contributed by atoms with Gasteiger partial charge in [-0.2, -0.15) is 0 Å². The minimum atomic E-state index is -3.60. The highest BCUT2D eigenvalue weighted by Crippen LogP contribution is 2.25. The molecular weight excluding hydrogens is 366 g/mol. The maximum atomic E-state index is 12.5. The lowest BCUT2D eigenvalue weighted by Gasteiger charge is -2.12. The van der Waals surface area contributed by atoms with Crippen molar-refractivity contribution in [1.29, 1.82) is 0 Å². The fraction of sp³-hybridized carbons (Fsp3) is 0.316. The molecule has 0 saturated carbocycles. The van der Waals surface area contributed by atoms with Crippen molar-refractivity contribution in [2.24, 2.45) is 0 Å². The highest BCUT2D eigenvalue weighted by molar-refractivity contribution is 7.89. The number of hydrogen-bond donors (Lipinski definition) is 2. The molecule has 0 aromatic heterocycles. The molecule has 2 aromatic rings. The van der Waals surface area contributed by atoms with Gasteiger partial charge in [-0.15, -0.1) is 0 Å². The van der Waals surface area contributed by atoms with Crippen LogP contribution in [0.5, 0.6) is 5.75 Å². The monoisotopic (exact) mass is 391 g/mol. The maximum Gasteiger partial charge on any atom is 0.255 e. The molecule has 0 aliphatic carbocycles. The number of hydrogen-bond acceptors (Lipinski definition) is 5. The maximum absolute atomic E-state index is 12.5. The molecule has 7 nitrogen and oxygen atoms in total. The zero-order chi connectivity index (χ0) is 20.0. The van der Waals surface area contributed by atoms with Crippen molar-refractivity contribution in [2.75, 3.05) is 39.6 Å². The van der Waals surface area contributed by atoms with Crippen molar-refractivity contribution < 1.29 is 17.9 Å². The predicted octanol–water partition coefficient (Wildman–Crippen LogP) is 2.10. The van der Waals surface area contributed by atoms with Crippen LogP contribution in [0.4, 0.5) is 5.69 Å². The van der Waals surface area contributed by atoms with Crippen molar-refractivity contribution in [2.45, 2.75) is 11.8 Å². The SMILES string of the molecule is COc1ccc(C)cc1NC(=O)c1ccc(S(=O)(=O)NCCN(C)C)cc1. The predicted molar refractivity (Wildman–Crippen MR) is 106 cm³/mol. The Kier molecular flexibility index (Phi) is 6.95. The third-order valence-electron chi connectivity index (χ3n) is 3.88. The second kappa shape index (κ2) is 8.98. The van der Waals surface area contributed by atoms with E-state index in [9.17, 15) is 13.2 Å². The molecule has 0 saturated heterocycles. The molecule has 0 fully saturated rings. The Balaban J connectivity index is 2.10. The Morgan fingerprint density at radius 3 is 2.37 bits per heavy atom. The number of anilines is 1. The molecule has 0 spiro atoms. The topological polar surface area (TPSA) is 87.7 Å². The van der Waals surface area contributed by atoms with Crippen LogP contribution in [0, 0.1) is 6.92 Å². The third kappa shape index (κ3) is 5.78. The first-order valence-corrected chi connectivity index (χ1v) is 9.91. The molecule has 0 heterocycles. The molecule has 146 valence electrons. The largest absolute Gasteiger partial charge is 0.495 e. The minimum Gasteiger partial charge on any atom is -0.495 e. The molecule has 0 unspecified atom stereocenters. The smallest absolute Gasteiger partial charge is 0.255 e. The van der Waals surface area contributed by atoms with Crippen molar-refractivity contribution in [3.8, 4) is 5.75 Å². The first kappa shape index (κ1) is 20.9. The number of carbonyl (C=O) groups is 1. The van der Waals surface area contributed by atoms with Crippen LogP contribution in [0.1, 0.15) is 15.9 Å². The molecule has 1 amide bonds. The number of amides is 1. The number of methoxy groups -OCH3 is 1. The quantitative estimate of drug-likeness (QED) is 0.720. The van der Waals surface area contributed by atoms with E-state index >= 15 is 0 Å². The average Bonchev–Trinajstić information content (AvgIpc) is 2.61. The summed E-state index contributed by atoms with van der Waals surface area (Å²) in [6.45, 7) is 2.82. The van der Waals surface area contributed by atoms with Gasteiger partial charge < -0.3 is 15.0 Å². The normalized spacial score (nSPS) is 11.4. The van der Waals surface area contributed by atoms with Crippen molar-refractivity contribution >= 4 is 21.6 Å². The van der Waals surface area contributed by atoms with Crippen molar-refractivity contribution in [3.63, 3.8) is 0 Å². The van der Waals surface area contributed by atoms with E-state index in [0.29, 0.717) is 30.1 Å². The summed E-state index contributed by atoms with van der Waals surface area (Å²) < 4.78 is 32.3. The van der Waals surface area contributed by atoms with Crippen LogP contribution < -0.4 is 14.8 Å². The first-order valence-electron chi connectivity index (χ1n) is 8.43. The van der Waals surface area contributed by atoms with E-state index in [2.05, 4.69) is 10.0 Å². The number of likely N-dealkylation sites (N-methyl/N-ethyl adjacent to an activating group) is 1. The van der Waals surface area contributed by atoms with Gasteiger partial charge in [-0.1, -0.05) is 6.07 Å².